The molecule has 0 saturated carbocycles. The van der Waals surface area contributed by atoms with Gasteiger partial charge in [0, 0.05) is 28.7 Å². The van der Waals surface area contributed by atoms with Crippen LogP contribution in [-0.2, 0) is 4.79 Å². The molecule has 3 aromatic rings. The van der Waals surface area contributed by atoms with E-state index in [1.165, 1.54) is 18.3 Å². The Bertz CT molecular complexity index is 979. The molecule has 2 N–H and O–H groups in total. The Kier molecular flexibility index (Phi) is 6.06. The van der Waals surface area contributed by atoms with Crippen LogP contribution in [0, 0.1) is 6.92 Å². The normalized spacial score (nSPS) is 10.4. The van der Waals surface area contributed by atoms with Crippen molar-refractivity contribution in [2.45, 2.75) is 20.8 Å². The number of hydrogen-bond acceptors (Lipinski definition) is 5. The van der Waals surface area contributed by atoms with Crippen LogP contribution in [0.15, 0.2) is 48.5 Å². The van der Waals surface area contributed by atoms with E-state index in [0.29, 0.717) is 18.0 Å². The van der Waals surface area contributed by atoms with Crippen LogP contribution in [0.3, 0.4) is 0 Å². The Hall–Kier alpha value is -3.19. The zero-order chi connectivity index (χ0) is 20.1. The third-order valence-corrected chi connectivity index (χ3v) is 4.91. The highest BCUT2D eigenvalue weighted by Gasteiger charge is 2.16. The first-order valence-corrected chi connectivity index (χ1v) is 9.67. The molecule has 0 aliphatic heterocycles. The number of benzene rings is 2. The molecule has 1 heterocycles. The van der Waals surface area contributed by atoms with Crippen molar-refractivity contribution in [3.05, 3.63) is 59.1 Å². The maximum Gasteiger partial charge on any atom is 0.275 e. The number of anilines is 2. The van der Waals surface area contributed by atoms with Crippen molar-refractivity contribution in [3.8, 4) is 16.3 Å². The first kappa shape index (κ1) is 19.6. The number of rotatable bonds is 6. The number of nitrogens with one attached hydrogen (secondary N) is 2. The molecule has 28 heavy (non-hydrogen) atoms. The van der Waals surface area contributed by atoms with Crippen LogP contribution >= 0.6 is 11.3 Å². The van der Waals surface area contributed by atoms with Gasteiger partial charge in [0.05, 0.1) is 6.61 Å². The Morgan fingerprint density at radius 1 is 1.00 bits per heavy atom. The van der Waals surface area contributed by atoms with Gasteiger partial charge in [0.15, 0.2) is 0 Å². The maximum absolute atomic E-state index is 12.6. The summed E-state index contributed by atoms with van der Waals surface area (Å²) in [7, 11) is 0. The summed E-state index contributed by atoms with van der Waals surface area (Å²) in [5, 5.41) is 6.35. The second-order valence-corrected chi connectivity index (χ2v) is 7.30. The van der Waals surface area contributed by atoms with Gasteiger partial charge in [-0.3, -0.25) is 9.59 Å². The standard InChI is InChI=1S/C21H21N3O3S/c1-4-27-18-11-9-17(10-12-18)23-20(26)19-13(2)28-21(24-19)15-5-7-16(8-6-15)22-14(3)25/h5-12H,4H2,1-3H3,(H,22,25)(H,23,26). The van der Waals surface area contributed by atoms with Gasteiger partial charge in [0.2, 0.25) is 5.91 Å². The van der Waals surface area contributed by atoms with E-state index in [0.717, 1.165) is 26.9 Å². The number of thiazole rings is 1. The van der Waals surface area contributed by atoms with Gasteiger partial charge in [-0.1, -0.05) is 0 Å². The van der Waals surface area contributed by atoms with Crippen LogP contribution in [0.4, 0.5) is 11.4 Å². The largest absolute Gasteiger partial charge is 0.494 e. The van der Waals surface area contributed by atoms with E-state index in [1.54, 1.807) is 12.1 Å². The minimum absolute atomic E-state index is 0.119. The van der Waals surface area contributed by atoms with Crippen molar-refractivity contribution >= 4 is 34.5 Å². The molecule has 6 nitrogen and oxygen atoms in total. The van der Waals surface area contributed by atoms with Crippen LogP contribution in [0.5, 0.6) is 5.75 Å². The molecule has 2 amide bonds. The lowest BCUT2D eigenvalue weighted by atomic mass is 10.2. The van der Waals surface area contributed by atoms with Crippen molar-refractivity contribution in [1.82, 2.24) is 4.98 Å². The molecule has 3 rings (SSSR count). The van der Waals surface area contributed by atoms with Crippen molar-refractivity contribution in [2.24, 2.45) is 0 Å². The van der Waals surface area contributed by atoms with E-state index in [4.69, 9.17) is 4.74 Å². The molecule has 0 bridgehead atoms. The second-order valence-electron chi connectivity index (χ2n) is 6.09. The average Bonchev–Trinajstić information content (AvgIpc) is 3.05. The Morgan fingerprint density at radius 2 is 1.61 bits per heavy atom. The summed E-state index contributed by atoms with van der Waals surface area (Å²) in [5.41, 5.74) is 2.70. The lowest BCUT2D eigenvalue weighted by molar-refractivity contribution is -0.114. The average molecular weight is 395 g/mol. The fourth-order valence-electron chi connectivity index (χ4n) is 2.62. The number of ether oxygens (including phenoxy) is 1. The molecular formula is C21H21N3O3S. The van der Waals surface area contributed by atoms with E-state index >= 15 is 0 Å². The molecule has 0 saturated heterocycles. The summed E-state index contributed by atoms with van der Waals surface area (Å²) >= 11 is 1.46. The molecule has 2 aromatic carbocycles. The Morgan fingerprint density at radius 3 is 2.21 bits per heavy atom. The van der Waals surface area contributed by atoms with E-state index in [1.807, 2.05) is 50.2 Å². The van der Waals surface area contributed by atoms with Crippen LogP contribution < -0.4 is 15.4 Å². The molecular weight excluding hydrogens is 374 g/mol. The molecule has 0 fully saturated rings. The maximum atomic E-state index is 12.6. The van der Waals surface area contributed by atoms with Crippen molar-refractivity contribution in [1.29, 1.82) is 0 Å². The molecule has 1 aromatic heterocycles. The predicted molar refractivity (Wildman–Crippen MR) is 112 cm³/mol. The number of nitrogens with zero attached hydrogens (tertiary/aromatic N) is 1. The quantitative estimate of drug-likeness (QED) is 0.632. The minimum atomic E-state index is -0.251. The molecule has 0 unspecified atom stereocenters. The summed E-state index contributed by atoms with van der Waals surface area (Å²) < 4.78 is 5.40. The molecule has 0 radical (unpaired) electrons. The van der Waals surface area contributed by atoms with Crippen LogP contribution in [-0.4, -0.2) is 23.4 Å². The van der Waals surface area contributed by atoms with Crippen molar-refractivity contribution < 1.29 is 14.3 Å². The van der Waals surface area contributed by atoms with Crippen LogP contribution in [0.2, 0.25) is 0 Å². The van der Waals surface area contributed by atoms with Gasteiger partial charge in [-0.25, -0.2) is 4.98 Å². The highest BCUT2D eigenvalue weighted by atomic mass is 32.1. The molecule has 0 spiro atoms. The molecule has 144 valence electrons. The van der Waals surface area contributed by atoms with E-state index in [9.17, 15) is 9.59 Å². The van der Waals surface area contributed by atoms with Crippen molar-refractivity contribution in [3.63, 3.8) is 0 Å². The van der Waals surface area contributed by atoms with Crippen LogP contribution in [0.25, 0.3) is 10.6 Å². The summed E-state index contributed by atoms with van der Waals surface area (Å²) in [6, 6.07) is 14.6. The summed E-state index contributed by atoms with van der Waals surface area (Å²) in [5.74, 6) is 0.389. The third-order valence-electron chi connectivity index (χ3n) is 3.89. The predicted octanol–water partition coefficient (Wildman–Crippen LogP) is 4.73. The number of amides is 2. The number of aromatic nitrogens is 1. The minimum Gasteiger partial charge on any atom is -0.494 e. The topological polar surface area (TPSA) is 80.3 Å². The number of carbonyl (C=O) groups is 2. The van der Waals surface area contributed by atoms with Crippen molar-refractivity contribution in [2.75, 3.05) is 17.2 Å². The fourth-order valence-corrected chi connectivity index (χ4v) is 3.54. The third kappa shape index (κ3) is 4.75. The lowest BCUT2D eigenvalue weighted by Gasteiger charge is -2.06. The first-order valence-electron chi connectivity index (χ1n) is 8.86. The summed E-state index contributed by atoms with van der Waals surface area (Å²) in [6.07, 6.45) is 0. The number of aryl methyl sites for hydroxylation is 1. The zero-order valence-corrected chi connectivity index (χ0v) is 16.7. The van der Waals surface area contributed by atoms with Gasteiger partial charge < -0.3 is 15.4 Å². The smallest absolute Gasteiger partial charge is 0.275 e. The van der Waals surface area contributed by atoms with Gasteiger partial charge in [-0.2, -0.15) is 0 Å². The lowest BCUT2D eigenvalue weighted by Crippen LogP contribution is -2.13. The monoisotopic (exact) mass is 395 g/mol. The zero-order valence-electron chi connectivity index (χ0n) is 15.9. The molecule has 0 atom stereocenters. The molecule has 0 aliphatic carbocycles. The Balaban J connectivity index is 1.74. The van der Waals surface area contributed by atoms with Gasteiger partial charge in [0.25, 0.3) is 5.91 Å². The first-order chi connectivity index (χ1) is 13.5. The second kappa shape index (κ2) is 8.67. The van der Waals surface area contributed by atoms with Gasteiger partial charge in [-0.05, 0) is 62.4 Å². The van der Waals surface area contributed by atoms with E-state index in [2.05, 4.69) is 15.6 Å². The van der Waals surface area contributed by atoms with Gasteiger partial charge in [0.1, 0.15) is 16.5 Å². The Labute approximate surface area is 167 Å². The van der Waals surface area contributed by atoms with Gasteiger partial charge >= 0.3 is 0 Å². The van der Waals surface area contributed by atoms with E-state index in [-0.39, 0.29) is 11.8 Å². The number of carbonyl (C=O) groups excluding carboxylic acids is 2. The SMILES string of the molecule is CCOc1ccc(NC(=O)c2nc(-c3ccc(NC(C)=O)cc3)sc2C)cc1. The summed E-state index contributed by atoms with van der Waals surface area (Å²) in [6.45, 7) is 5.86. The summed E-state index contributed by atoms with van der Waals surface area (Å²) in [4.78, 5) is 29.1. The fraction of sp³-hybridized carbons (Fsp3) is 0.190. The number of hydrogen-bond donors (Lipinski definition) is 2. The highest BCUT2D eigenvalue weighted by Crippen LogP contribution is 2.29. The van der Waals surface area contributed by atoms with E-state index < -0.39 is 0 Å². The molecule has 7 heteroatoms. The van der Waals surface area contributed by atoms with Gasteiger partial charge in [-0.15, -0.1) is 11.3 Å². The molecule has 0 aliphatic rings. The highest BCUT2D eigenvalue weighted by molar-refractivity contribution is 7.15. The van der Waals surface area contributed by atoms with Crippen LogP contribution in [0.1, 0.15) is 29.2 Å².